The van der Waals surface area contributed by atoms with Crippen LogP contribution in [0.3, 0.4) is 0 Å². The molecule has 0 bridgehead atoms. The van der Waals surface area contributed by atoms with Gasteiger partial charge in [-0.05, 0) is 96.5 Å². The van der Waals surface area contributed by atoms with E-state index < -0.39 is 150 Å². The van der Waals surface area contributed by atoms with E-state index >= 15 is 0 Å². The fourth-order valence-corrected chi connectivity index (χ4v) is 10.0. The van der Waals surface area contributed by atoms with E-state index in [1.807, 2.05) is 30.3 Å². The Balaban J connectivity index is 1.58. The molecule has 0 radical (unpaired) electrons. The van der Waals surface area contributed by atoms with E-state index in [-0.39, 0.29) is 56.7 Å². The van der Waals surface area contributed by atoms with Gasteiger partial charge in [0, 0.05) is 36.3 Å². The zero-order chi connectivity index (χ0) is 64.3. The Labute approximate surface area is 508 Å². The molecule has 0 unspecified atom stereocenters. The highest BCUT2D eigenvalue weighted by atomic mass is 32.2. The van der Waals surface area contributed by atoms with Crippen LogP contribution >= 0.6 is 11.8 Å². The van der Waals surface area contributed by atoms with E-state index in [4.69, 9.17) is 5.73 Å². The number of aliphatic carboxylic acids is 2. The first-order chi connectivity index (χ1) is 41.2. The maximum Gasteiger partial charge on any atom is 0.317 e. The predicted octanol–water partition coefficient (Wildman–Crippen LogP) is 2.17. The van der Waals surface area contributed by atoms with Crippen molar-refractivity contribution in [3.63, 3.8) is 0 Å². The molecule has 0 aliphatic rings. The monoisotopic (exact) mass is 1220 g/mol. The SMILES string of the molecule is CC(C)C[C@H](NC(=O)[C@@H](NC(=O)CNC(=O)c1ccccc1)C(C)C)C(=O)N[C@@H](CCCCNC(=O)C[C@H](Sc1cccc2ccccc12)C(=O)O)C(=O)N[C@@H](CCC(=O)O)C(=O)N[C@@H](Cc1ccc(O)cc1)C(=O)NCC(=O)N[C@H](C(N)=O)C(C)C. The molecule has 0 heterocycles. The van der Waals surface area contributed by atoms with Crippen molar-refractivity contribution < 1.29 is 72.9 Å². The number of rotatable bonds is 36. The number of aromatic hydroxyl groups is 1. The molecule has 26 heteroatoms. The van der Waals surface area contributed by atoms with E-state index in [1.165, 1.54) is 24.3 Å². The average molecular weight is 1230 g/mol. The van der Waals surface area contributed by atoms with Crippen LogP contribution < -0.4 is 53.6 Å². The fraction of sp³-hybridized carbons (Fsp3) is 0.443. The molecule has 0 fully saturated rings. The summed E-state index contributed by atoms with van der Waals surface area (Å²) in [5.74, 6) is -11.9. The molecule has 4 rings (SSSR count). The molecule has 4 aromatic rings. The maximum atomic E-state index is 14.6. The number of carboxylic acids is 2. The lowest BCUT2D eigenvalue weighted by Gasteiger charge is -2.28. The van der Waals surface area contributed by atoms with E-state index in [0.29, 0.717) is 16.0 Å². The number of carboxylic acid groups (broad SMARTS) is 2. The van der Waals surface area contributed by atoms with Crippen molar-refractivity contribution in [2.45, 2.75) is 139 Å². The number of hydrogen-bond acceptors (Lipinski definition) is 14. The van der Waals surface area contributed by atoms with Crippen LogP contribution in [0.25, 0.3) is 10.8 Å². The van der Waals surface area contributed by atoms with Crippen LogP contribution in [-0.4, -0.2) is 147 Å². The molecule has 0 aromatic heterocycles. The molecule has 0 aliphatic heterocycles. The van der Waals surface area contributed by atoms with Gasteiger partial charge in [-0.25, -0.2) is 0 Å². The molecule has 0 aliphatic carbocycles. The highest BCUT2D eigenvalue weighted by molar-refractivity contribution is 8.00. The van der Waals surface area contributed by atoms with Gasteiger partial charge in [0.2, 0.25) is 53.2 Å². The molecule has 0 saturated heterocycles. The molecular formula is C61H80N10O15S. The Hall–Kier alpha value is -9.07. The lowest BCUT2D eigenvalue weighted by atomic mass is 9.99. The van der Waals surface area contributed by atoms with Crippen LogP contribution in [0.5, 0.6) is 5.75 Å². The molecule has 10 amide bonds. The maximum absolute atomic E-state index is 14.6. The lowest BCUT2D eigenvalue weighted by Crippen LogP contribution is -2.60. The number of hydrogen-bond donors (Lipinski definition) is 13. The zero-order valence-electron chi connectivity index (χ0n) is 49.5. The standard InChI is InChI=1S/C61H80N10O15S/c1-34(2)29-44(69-60(84)53(36(5)6)71-50(75)32-64-55(79)39-16-8-7-9-17-39)59(83)66-42(20-12-13-28-63-48(73)31-47(61(85)86)87-46-21-14-18-38-15-10-11-19-41(38)46)57(81)67-43(26-27-51(76)77)58(82)68-45(30-37-22-24-40(72)25-23-37)56(80)65-33-49(74)70-52(35(3)4)54(62)78/h7-11,14-19,21-25,34-36,42-45,47,52-53,72H,12-13,20,26-33H2,1-6H3,(H2,62,78)(H,63,73)(H,64,79)(H,65,80)(H,66,83)(H,67,81)(H,68,82)(H,69,84)(H,70,74)(H,71,75)(H,76,77)(H,85,86)/t42-,43-,44-,45-,47-,52-,53-/m0/s1. The number of unbranched alkanes of at least 4 members (excludes halogenated alkanes) is 1. The van der Waals surface area contributed by atoms with Gasteiger partial charge in [-0.3, -0.25) is 57.5 Å². The Morgan fingerprint density at radius 1 is 0.529 bits per heavy atom. The minimum atomic E-state index is -1.69. The van der Waals surface area contributed by atoms with Crippen LogP contribution in [0.1, 0.15) is 102 Å². The van der Waals surface area contributed by atoms with Gasteiger partial charge in [0.05, 0.1) is 13.1 Å². The number of phenolic OH excluding ortho intramolecular Hbond substituents is 1. The lowest BCUT2D eigenvalue weighted by molar-refractivity contribution is -0.139. The topological polar surface area (TPSA) is 400 Å². The summed E-state index contributed by atoms with van der Waals surface area (Å²) in [5.41, 5.74) is 6.15. The van der Waals surface area contributed by atoms with Gasteiger partial charge in [0.25, 0.3) is 5.91 Å². The summed E-state index contributed by atoms with van der Waals surface area (Å²) in [6.07, 6.45) is -1.76. The van der Waals surface area contributed by atoms with Crippen LogP contribution in [0.4, 0.5) is 0 Å². The number of nitrogens with one attached hydrogen (secondary N) is 9. The summed E-state index contributed by atoms with van der Waals surface area (Å²) in [6.45, 7) is 8.96. The third kappa shape index (κ3) is 24.4. The van der Waals surface area contributed by atoms with Crippen molar-refractivity contribution in [3.05, 3.63) is 108 Å². The van der Waals surface area contributed by atoms with Gasteiger partial charge < -0.3 is 68.9 Å². The van der Waals surface area contributed by atoms with Crippen molar-refractivity contribution in [2.24, 2.45) is 23.5 Å². The largest absolute Gasteiger partial charge is 0.508 e. The molecule has 0 spiro atoms. The van der Waals surface area contributed by atoms with Crippen LogP contribution in [0.15, 0.2) is 102 Å². The second kappa shape index (κ2) is 35.4. The highest BCUT2D eigenvalue weighted by Gasteiger charge is 2.35. The first-order valence-electron chi connectivity index (χ1n) is 28.6. The van der Waals surface area contributed by atoms with Crippen LogP contribution in [0, 0.1) is 17.8 Å². The summed E-state index contributed by atoms with van der Waals surface area (Å²) in [6, 6.07) is 18.2. The Morgan fingerprint density at radius 3 is 1.68 bits per heavy atom. The molecule has 87 heavy (non-hydrogen) atoms. The number of amides is 10. The number of phenols is 1. The summed E-state index contributed by atoms with van der Waals surface area (Å²) in [5, 5.41) is 53.4. The second-order valence-electron chi connectivity index (χ2n) is 21.9. The number of carbonyl (C=O) groups is 12. The number of primary amides is 1. The van der Waals surface area contributed by atoms with Gasteiger partial charge in [-0.15, -0.1) is 11.8 Å². The molecule has 4 aromatic carbocycles. The minimum Gasteiger partial charge on any atom is -0.508 e. The quantitative estimate of drug-likeness (QED) is 0.0229. The van der Waals surface area contributed by atoms with Crippen molar-refractivity contribution in [1.82, 2.24) is 47.9 Å². The highest BCUT2D eigenvalue weighted by Crippen LogP contribution is 2.32. The number of benzene rings is 4. The Bertz CT molecular complexity index is 3050. The van der Waals surface area contributed by atoms with Crippen molar-refractivity contribution in [2.75, 3.05) is 19.6 Å². The number of fused-ring (bicyclic) bond motifs is 1. The molecular weight excluding hydrogens is 1140 g/mol. The van der Waals surface area contributed by atoms with E-state index in [0.717, 1.165) is 22.5 Å². The van der Waals surface area contributed by atoms with Crippen molar-refractivity contribution in [3.8, 4) is 5.75 Å². The molecule has 14 N–H and O–H groups in total. The Kier molecular flexibility index (Phi) is 28.7. The van der Waals surface area contributed by atoms with Gasteiger partial charge in [0.1, 0.15) is 47.3 Å². The third-order valence-corrected chi connectivity index (χ3v) is 14.9. The fourth-order valence-electron chi connectivity index (χ4n) is 8.93. The van der Waals surface area contributed by atoms with E-state index in [1.54, 1.807) is 84.0 Å². The second-order valence-corrected chi connectivity index (χ2v) is 23.1. The van der Waals surface area contributed by atoms with Gasteiger partial charge >= 0.3 is 11.9 Å². The first-order valence-corrected chi connectivity index (χ1v) is 29.4. The van der Waals surface area contributed by atoms with Gasteiger partial charge in [-0.2, -0.15) is 0 Å². The first kappa shape index (κ1) is 70.4. The smallest absolute Gasteiger partial charge is 0.317 e. The molecule has 25 nitrogen and oxygen atoms in total. The van der Waals surface area contributed by atoms with E-state index in [2.05, 4.69) is 47.9 Å². The number of thioether (sulfide) groups is 1. The number of carbonyl (C=O) groups excluding carboxylic acids is 10. The van der Waals surface area contributed by atoms with Crippen LogP contribution in [0.2, 0.25) is 0 Å². The Morgan fingerprint density at radius 2 is 1.08 bits per heavy atom. The third-order valence-electron chi connectivity index (χ3n) is 13.6. The molecule has 470 valence electrons. The normalized spacial score (nSPS) is 13.5. The molecule has 7 atom stereocenters. The van der Waals surface area contributed by atoms with E-state index in [9.17, 15) is 72.9 Å². The van der Waals surface area contributed by atoms with Crippen molar-refractivity contribution in [1.29, 1.82) is 0 Å². The average Bonchev–Trinajstić information content (AvgIpc) is 1.76. The summed E-state index contributed by atoms with van der Waals surface area (Å²) >= 11 is 1.03. The van der Waals surface area contributed by atoms with Crippen LogP contribution in [-0.2, 0) is 59.2 Å². The number of nitrogens with two attached hydrogens (primary N) is 1. The zero-order valence-corrected chi connectivity index (χ0v) is 50.3. The minimum absolute atomic E-state index is 0.00406. The predicted molar refractivity (Wildman–Crippen MR) is 323 cm³/mol. The summed E-state index contributed by atoms with van der Waals surface area (Å²) < 4.78 is 0. The summed E-state index contributed by atoms with van der Waals surface area (Å²) in [4.78, 5) is 160. The summed E-state index contributed by atoms with van der Waals surface area (Å²) in [7, 11) is 0. The van der Waals surface area contributed by atoms with Gasteiger partial charge in [-0.1, -0.05) is 108 Å². The molecule has 0 saturated carbocycles. The van der Waals surface area contributed by atoms with Gasteiger partial charge in [0.15, 0.2) is 0 Å². The van der Waals surface area contributed by atoms with Crippen molar-refractivity contribution >= 4 is 93.5 Å².